The van der Waals surface area contributed by atoms with Gasteiger partial charge >= 0.3 is 0 Å². The quantitative estimate of drug-likeness (QED) is 0.877. The second kappa shape index (κ2) is 8.50. The third-order valence-corrected chi connectivity index (χ3v) is 5.10. The molecule has 1 unspecified atom stereocenters. The number of ether oxygens (including phenoxy) is 2. The first-order valence-electron chi connectivity index (χ1n) is 9.55. The van der Waals surface area contributed by atoms with Crippen molar-refractivity contribution in [1.29, 1.82) is 0 Å². The smallest absolute Gasteiger partial charge is 0.242 e. The van der Waals surface area contributed by atoms with Crippen LogP contribution in [0.3, 0.4) is 0 Å². The molecule has 6 nitrogen and oxygen atoms in total. The Morgan fingerprint density at radius 1 is 1.22 bits per heavy atom. The maximum Gasteiger partial charge on any atom is 0.242 e. The van der Waals surface area contributed by atoms with Crippen LogP contribution in [0.25, 0.3) is 0 Å². The Labute approximate surface area is 159 Å². The Balaban J connectivity index is 1.46. The van der Waals surface area contributed by atoms with Gasteiger partial charge in [-0.05, 0) is 41.7 Å². The highest BCUT2D eigenvalue weighted by atomic mass is 16.5. The summed E-state index contributed by atoms with van der Waals surface area (Å²) in [6, 6.07) is 9.67. The van der Waals surface area contributed by atoms with Gasteiger partial charge in [0.1, 0.15) is 11.8 Å². The van der Waals surface area contributed by atoms with Crippen molar-refractivity contribution in [2.24, 2.45) is 0 Å². The number of benzene rings is 1. The van der Waals surface area contributed by atoms with Gasteiger partial charge in [0.05, 0.1) is 19.8 Å². The molecule has 0 spiro atoms. The van der Waals surface area contributed by atoms with Gasteiger partial charge in [-0.1, -0.05) is 18.2 Å². The average Bonchev–Trinajstić information content (AvgIpc) is 2.74. The van der Waals surface area contributed by atoms with Crippen molar-refractivity contribution >= 4 is 5.91 Å². The Kier molecular flexibility index (Phi) is 5.65. The standard InChI is InChI=1S/C21H25N3O3/c25-21(23-14-16-5-6-19-17(13-16)4-2-10-27-19)20(18-3-1-7-22-15-18)24-8-11-26-12-9-24/h1,3,5-7,13,15,20H,2,4,8-12,14H2,(H,23,25). The molecule has 1 N–H and O–H groups in total. The Morgan fingerprint density at radius 3 is 2.93 bits per heavy atom. The highest BCUT2D eigenvalue weighted by Gasteiger charge is 2.29. The highest BCUT2D eigenvalue weighted by Crippen LogP contribution is 2.26. The number of hydrogen-bond acceptors (Lipinski definition) is 5. The minimum atomic E-state index is -0.344. The van der Waals surface area contributed by atoms with Crippen molar-refractivity contribution < 1.29 is 14.3 Å². The van der Waals surface area contributed by atoms with Gasteiger partial charge in [-0.3, -0.25) is 14.7 Å². The van der Waals surface area contributed by atoms with Crippen LogP contribution < -0.4 is 10.1 Å². The topological polar surface area (TPSA) is 63.7 Å². The maximum atomic E-state index is 13.1. The minimum Gasteiger partial charge on any atom is -0.493 e. The number of morpholine rings is 1. The average molecular weight is 367 g/mol. The molecule has 2 aromatic rings. The summed E-state index contributed by atoms with van der Waals surface area (Å²) in [5.74, 6) is 0.969. The molecule has 0 radical (unpaired) electrons. The second-order valence-corrected chi connectivity index (χ2v) is 6.95. The second-order valence-electron chi connectivity index (χ2n) is 6.95. The Morgan fingerprint density at radius 2 is 2.11 bits per heavy atom. The first-order valence-corrected chi connectivity index (χ1v) is 9.55. The zero-order chi connectivity index (χ0) is 18.5. The van der Waals surface area contributed by atoms with Crippen molar-refractivity contribution in [1.82, 2.24) is 15.2 Å². The van der Waals surface area contributed by atoms with Gasteiger partial charge in [-0.15, -0.1) is 0 Å². The molecule has 4 rings (SSSR count). The van der Waals surface area contributed by atoms with E-state index >= 15 is 0 Å². The number of nitrogens with one attached hydrogen (secondary N) is 1. The van der Waals surface area contributed by atoms with E-state index in [2.05, 4.69) is 21.3 Å². The number of pyridine rings is 1. The van der Waals surface area contributed by atoms with Gasteiger partial charge < -0.3 is 14.8 Å². The summed E-state index contributed by atoms with van der Waals surface area (Å²) in [7, 11) is 0. The number of carbonyl (C=O) groups excluding carboxylic acids is 1. The van der Waals surface area contributed by atoms with Gasteiger partial charge in [-0.2, -0.15) is 0 Å². The molecule has 2 aliphatic heterocycles. The van der Waals surface area contributed by atoms with E-state index in [4.69, 9.17) is 9.47 Å². The number of nitrogens with zero attached hydrogens (tertiary/aromatic N) is 2. The van der Waals surface area contributed by atoms with E-state index in [0.29, 0.717) is 19.8 Å². The summed E-state index contributed by atoms with van der Waals surface area (Å²) >= 11 is 0. The van der Waals surface area contributed by atoms with Crippen molar-refractivity contribution in [2.75, 3.05) is 32.9 Å². The van der Waals surface area contributed by atoms with Gasteiger partial charge in [0.25, 0.3) is 0 Å². The fraction of sp³-hybridized carbons (Fsp3) is 0.429. The number of aromatic nitrogens is 1. The number of fused-ring (bicyclic) bond motifs is 1. The summed E-state index contributed by atoms with van der Waals surface area (Å²) in [5, 5.41) is 3.11. The summed E-state index contributed by atoms with van der Waals surface area (Å²) < 4.78 is 11.1. The number of aryl methyl sites for hydroxylation is 1. The van der Waals surface area contributed by atoms with Crippen LogP contribution in [0.15, 0.2) is 42.7 Å². The summed E-state index contributed by atoms with van der Waals surface area (Å²) in [6.07, 6.45) is 5.58. The maximum absolute atomic E-state index is 13.1. The summed E-state index contributed by atoms with van der Waals surface area (Å²) in [5.41, 5.74) is 3.24. The summed E-state index contributed by atoms with van der Waals surface area (Å²) in [4.78, 5) is 19.4. The normalized spacial score (nSPS) is 18.2. The molecule has 2 aliphatic rings. The molecule has 27 heavy (non-hydrogen) atoms. The molecule has 0 aliphatic carbocycles. The van der Waals surface area contributed by atoms with Crippen LogP contribution >= 0.6 is 0 Å². The van der Waals surface area contributed by atoms with Crippen LogP contribution in [0.4, 0.5) is 0 Å². The van der Waals surface area contributed by atoms with Gasteiger partial charge in [0.15, 0.2) is 0 Å². The molecule has 1 aromatic heterocycles. The molecule has 3 heterocycles. The third-order valence-electron chi connectivity index (χ3n) is 5.10. The molecular formula is C21H25N3O3. The number of rotatable bonds is 5. The van der Waals surface area contributed by atoms with Crippen molar-refractivity contribution in [3.8, 4) is 5.75 Å². The number of amides is 1. The molecule has 6 heteroatoms. The lowest BCUT2D eigenvalue weighted by Crippen LogP contribution is -2.45. The van der Waals surface area contributed by atoms with Crippen LogP contribution in [-0.2, 0) is 22.5 Å². The Bertz CT molecular complexity index is 775. The predicted octanol–water partition coefficient (Wildman–Crippen LogP) is 2.10. The number of carbonyl (C=O) groups is 1. The molecule has 0 saturated carbocycles. The van der Waals surface area contributed by atoms with Crippen LogP contribution in [0.1, 0.15) is 29.2 Å². The summed E-state index contributed by atoms with van der Waals surface area (Å²) in [6.45, 7) is 4.07. The van der Waals surface area contributed by atoms with Crippen LogP contribution in [0.2, 0.25) is 0 Å². The van der Waals surface area contributed by atoms with Crippen LogP contribution in [-0.4, -0.2) is 48.7 Å². The molecule has 1 saturated heterocycles. The van der Waals surface area contributed by atoms with Gasteiger partial charge in [0.2, 0.25) is 5.91 Å². The largest absolute Gasteiger partial charge is 0.493 e. The van der Waals surface area contributed by atoms with Crippen molar-refractivity contribution in [3.63, 3.8) is 0 Å². The van der Waals surface area contributed by atoms with E-state index in [1.807, 2.05) is 24.3 Å². The van der Waals surface area contributed by atoms with E-state index in [1.54, 1.807) is 12.4 Å². The van der Waals surface area contributed by atoms with Crippen LogP contribution in [0, 0.1) is 0 Å². The number of hydrogen-bond donors (Lipinski definition) is 1. The third kappa shape index (κ3) is 4.28. The molecular weight excluding hydrogens is 342 g/mol. The molecule has 1 amide bonds. The molecule has 0 bridgehead atoms. The predicted molar refractivity (Wildman–Crippen MR) is 101 cm³/mol. The molecule has 1 aromatic carbocycles. The fourth-order valence-corrected chi connectivity index (χ4v) is 3.71. The zero-order valence-corrected chi connectivity index (χ0v) is 15.4. The lowest BCUT2D eigenvalue weighted by atomic mass is 10.0. The molecule has 142 valence electrons. The van der Waals surface area contributed by atoms with E-state index in [-0.39, 0.29) is 11.9 Å². The fourth-order valence-electron chi connectivity index (χ4n) is 3.71. The van der Waals surface area contributed by atoms with E-state index in [0.717, 1.165) is 49.4 Å². The van der Waals surface area contributed by atoms with Crippen molar-refractivity contribution in [3.05, 3.63) is 59.4 Å². The van der Waals surface area contributed by atoms with Gasteiger partial charge in [0, 0.05) is 32.0 Å². The van der Waals surface area contributed by atoms with E-state index < -0.39 is 0 Å². The zero-order valence-electron chi connectivity index (χ0n) is 15.4. The Hall–Kier alpha value is -2.44. The molecule has 1 fully saturated rings. The minimum absolute atomic E-state index is 0.00105. The first-order chi connectivity index (χ1) is 13.3. The van der Waals surface area contributed by atoms with E-state index in [1.165, 1.54) is 5.56 Å². The SMILES string of the molecule is O=C(NCc1ccc2c(c1)CCCO2)C(c1cccnc1)N1CCOCC1. The highest BCUT2D eigenvalue weighted by molar-refractivity contribution is 5.83. The van der Waals surface area contributed by atoms with Crippen LogP contribution in [0.5, 0.6) is 5.75 Å². The van der Waals surface area contributed by atoms with E-state index in [9.17, 15) is 4.79 Å². The molecule has 1 atom stereocenters. The first kappa shape index (κ1) is 17.9. The lowest BCUT2D eigenvalue weighted by Gasteiger charge is -2.33. The monoisotopic (exact) mass is 367 g/mol. The van der Waals surface area contributed by atoms with Gasteiger partial charge in [-0.25, -0.2) is 0 Å². The lowest BCUT2D eigenvalue weighted by molar-refractivity contribution is -0.128. The van der Waals surface area contributed by atoms with Crippen molar-refractivity contribution in [2.45, 2.75) is 25.4 Å².